The van der Waals surface area contributed by atoms with E-state index in [-0.39, 0.29) is 0 Å². The lowest BCUT2D eigenvalue weighted by Gasteiger charge is -2.05. The molecule has 0 fully saturated rings. The quantitative estimate of drug-likeness (QED) is 0.789. The second kappa shape index (κ2) is 5.04. The van der Waals surface area contributed by atoms with Gasteiger partial charge in [0.2, 0.25) is 0 Å². The summed E-state index contributed by atoms with van der Waals surface area (Å²) in [6.45, 7) is 2.38. The number of rotatable bonds is 2. The van der Waals surface area contributed by atoms with Crippen molar-refractivity contribution >= 4 is 40.9 Å². The lowest BCUT2D eigenvalue weighted by atomic mass is 10.1. The molecular weight excluding hydrogens is 240 g/mol. The molecule has 0 bridgehead atoms. The lowest BCUT2D eigenvalue weighted by molar-refractivity contribution is 1.15. The molecule has 4 heteroatoms. The summed E-state index contributed by atoms with van der Waals surface area (Å²) < 4.78 is 0. The normalized spacial score (nSPS) is 11.9. The monoisotopic (exact) mass is 249 g/mol. The average molecular weight is 251 g/mol. The van der Waals surface area contributed by atoms with Crippen molar-refractivity contribution in [2.75, 3.05) is 6.54 Å². The van der Waals surface area contributed by atoms with Gasteiger partial charge >= 0.3 is 0 Å². The first-order chi connectivity index (χ1) is 6.56. The first kappa shape index (κ1) is 11.9. The Labute approximate surface area is 98.5 Å². The van der Waals surface area contributed by atoms with Crippen LogP contribution in [-0.4, -0.2) is 6.54 Å². The molecule has 1 aromatic carbocycles. The Hall–Kier alpha value is -0.210. The minimum absolute atomic E-state index is 0.465. The predicted octanol–water partition coefficient (Wildman–Crippen LogP) is 4.01. The largest absolute Gasteiger partial charge is 0.327 e. The van der Waals surface area contributed by atoms with E-state index in [9.17, 15) is 0 Å². The van der Waals surface area contributed by atoms with Crippen molar-refractivity contribution in [1.82, 2.24) is 0 Å². The van der Waals surface area contributed by atoms with Crippen molar-refractivity contribution in [3.8, 4) is 0 Å². The van der Waals surface area contributed by atoms with Crippen molar-refractivity contribution < 1.29 is 0 Å². The van der Waals surface area contributed by atoms with E-state index in [1.54, 1.807) is 12.1 Å². The van der Waals surface area contributed by atoms with Crippen LogP contribution in [0, 0.1) is 0 Å². The van der Waals surface area contributed by atoms with E-state index in [4.69, 9.17) is 40.5 Å². The van der Waals surface area contributed by atoms with Crippen molar-refractivity contribution in [2.45, 2.75) is 6.92 Å². The van der Waals surface area contributed by atoms with E-state index >= 15 is 0 Å². The van der Waals surface area contributed by atoms with Gasteiger partial charge in [-0.15, -0.1) is 0 Å². The van der Waals surface area contributed by atoms with Crippen LogP contribution in [0.25, 0.3) is 6.08 Å². The van der Waals surface area contributed by atoms with Crippen LogP contribution in [0.15, 0.2) is 17.7 Å². The molecule has 0 heterocycles. The average Bonchev–Trinajstić information content (AvgIpc) is 2.18. The summed E-state index contributed by atoms with van der Waals surface area (Å²) in [4.78, 5) is 0. The molecule has 1 rings (SSSR count). The summed E-state index contributed by atoms with van der Waals surface area (Å²) in [5.74, 6) is 0. The number of nitrogens with two attached hydrogens (primary N) is 1. The first-order valence-electron chi connectivity index (χ1n) is 4.07. The highest BCUT2D eigenvalue weighted by Gasteiger charge is 2.07. The SMILES string of the molecule is C/C(=C/c1c(Cl)ccc(Cl)c1Cl)CN. The molecule has 0 atom stereocenters. The third-order valence-electron chi connectivity index (χ3n) is 1.79. The Kier molecular flexibility index (Phi) is 4.27. The molecule has 0 spiro atoms. The van der Waals surface area contributed by atoms with Crippen molar-refractivity contribution in [3.63, 3.8) is 0 Å². The molecule has 0 aliphatic carbocycles. The van der Waals surface area contributed by atoms with Crippen LogP contribution in [-0.2, 0) is 0 Å². The summed E-state index contributed by atoms with van der Waals surface area (Å²) in [6, 6.07) is 3.38. The van der Waals surface area contributed by atoms with E-state index in [0.717, 1.165) is 11.1 Å². The Morgan fingerprint density at radius 1 is 1.29 bits per heavy atom. The minimum Gasteiger partial charge on any atom is -0.327 e. The zero-order valence-corrected chi connectivity index (χ0v) is 9.92. The van der Waals surface area contributed by atoms with Crippen molar-refractivity contribution in [2.24, 2.45) is 5.73 Å². The zero-order valence-electron chi connectivity index (χ0n) is 7.65. The Bertz CT molecular complexity index is 372. The molecule has 2 N–H and O–H groups in total. The molecule has 0 aromatic heterocycles. The van der Waals surface area contributed by atoms with Crippen LogP contribution in [0.5, 0.6) is 0 Å². The molecule has 0 saturated carbocycles. The number of hydrogen-bond acceptors (Lipinski definition) is 1. The van der Waals surface area contributed by atoms with Crippen LogP contribution in [0.2, 0.25) is 15.1 Å². The van der Waals surface area contributed by atoms with Crippen LogP contribution >= 0.6 is 34.8 Å². The van der Waals surface area contributed by atoms with Gasteiger partial charge in [0, 0.05) is 17.1 Å². The van der Waals surface area contributed by atoms with E-state index in [2.05, 4.69) is 0 Å². The number of halogens is 3. The standard InChI is InChI=1S/C10H10Cl3N/c1-6(5-14)4-7-8(11)2-3-9(12)10(7)13/h2-4H,5,14H2,1H3/b6-4-. The van der Waals surface area contributed by atoms with Gasteiger partial charge in [-0.2, -0.15) is 0 Å². The maximum atomic E-state index is 6.00. The van der Waals surface area contributed by atoms with Gasteiger partial charge in [-0.05, 0) is 19.1 Å². The molecule has 76 valence electrons. The van der Waals surface area contributed by atoms with Gasteiger partial charge in [-0.3, -0.25) is 0 Å². The topological polar surface area (TPSA) is 26.0 Å². The summed E-state index contributed by atoms with van der Waals surface area (Å²) >= 11 is 17.8. The van der Waals surface area contributed by atoms with E-state index in [1.165, 1.54) is 0 Å². The van der Waals surface area contributed by atoms with Gasteiger partial charge in [0.1, 0.15) is 0 Å². The van der Waals surface area contributed by atoms with Gasteiger partial charge in [0.05, 0.1) is 10.0 Å². The van der Waals surface area contributed by atoms with E-state index < -0.39 is 0 Å². The summed E-state index contributed by atoms with van der Waals surface area (Å²) in [5, 5.41) is 1.53. The molecule has 1 nitrogen and oxygen atoms in total. The molecule has 0 amide bonds. The van der Waals surface area contributed by atoms with Gasteiger partial charge in [0.15, 0.2) is 0 Å². The van der Waals surface area contributed by atoms with E-state index in [0.29, 0.717) is 21.6 Å². The Balaban J connectivity index is 3.26. The highest BCUT2D eigenvalue weighted by Crippen LogP contribution is 2.32. The third kappa shape index (κ3) is 2.64. The van der Waals surface area contributed by atoms with Crippen LogP contribution in [0.1, 0.15) is 12.5 Å². The van der Waals surface area contributed by atoms with Crippen molar-refractivity contribution in [1.29, 1.82) is 0 Å². The second-order valence-corrected chi connectivity index (χ2v) is 4.14. The zero-order chi connectivity index (χ0) is 10.7. The van der Waals surface area contributed by atoms with Gasteiger partial charge < -0.3 is 5.73 Å². The second-order valence-electron chi connectivity index (χ2n) is 2.95. The lowest BCUT2D eigenvalue weighted by Crippen LogP contribution is -1.99. The molecule has 1 aromatic rings. The van der Waals surface area contributed by atoms with Gasteiger partial charge in [0.25, 0.3) is 0 Å². The highest BCUT2D eigenvalue weighted by atomic mass is 35.5. The van der Waals surface area contributed by atoms with Crippen LogP contribution < -0.4 is 5.73 Å². The molecule has 0 aliphatic rings. The number of benzene rings is 1. The maximum Gasteiger partial charge on any atom is 0.0679 e. The molecule has 0 saturated heterocycles. The molecule has 0 aliphatic heterocycles. The Morgan fingerprint density at radius 2 is 1.86 bits per heavy atom. The Morgan fingerprint density at radius 3 is 2.43 bits per heavy atom. The molecule has 0 radical (unpaired) electrons. The summed E-state index contributed by atoms with van der Waals surface area (Å²) in [5.41, 5.74) is 7.19. The first-order valence-corrected chi connectivity index (χ1v) is 5.20. The van der Waals surface area contributed by atoms with Crippen molar-refractivity contribution in [3.05, 3.63) is 38.3 Å². The third-order valence-corrected chi connectivity index (χ3v) is 2.94. The van der Waals surface area contributed by atoms with Gasteiger partial charge in [-0.25, -0.2) is 0 Å². The minimum atomic E-state index is 0.465. The smallest absolute Gasteiger partial charge is 0.0679 e. The number of hydrogen-bond donors (Lipinski definition) is 1. The highest BCUT2D eigenvalue weighted by molar-refractivity contribution is 6.44. The predicted molar refractivity (Wildman–Crippen MR) is 64.2 cm³/mol. The van der Waals surface area contributed by atoms with E-state index in [1.807, 2.05) is 13.0 Å². The fourth-order valence-corrected chi connectivity index (χ4v) is 1.62. The van der Waals surface area contributed by atoms with Crippen LogP contribution in [0.3, 0.4) is 0 Å². The fraction of sp³-hybridized carbons (Fsp3) is 0.200. The van der Waals surface area contributed by atoms with Crippen LogP contribution in [0.4, 0.5) is 0 Å². The molecule has 14 heavy (non-hydrogen) atoms. The fourth-order valence-electron chi connectivity index (χ4n) is 0.980. The van der Waals surface area contributed by atoms with Gasteiger partial charge in [-0.1, -0.05) is 46.5 Å². The molecule has 0 unspecified atom stereocenters. The maximum absolute atomic E-state index is 6.00. The summed E-state index contributed by atoms with van der Waals surface area (Å²) in [7, 11) is 0. The summed E-state index contributed by atoms with van der Waals surface area (Å²) in [6.07, 6.45) is 1.84. The molecular formula is C10H10Cl3N.